The van der Waals surface area contributed by atoms with Crippen molar-refractivity contribution >= 4 is 5.97 Å². The van der Waals surface area contributed by atoms with Crippen LogP contribution in [-0.2, 0) is 11.2 Å². The Morgan fingerprint density at radius 3 is 2.74 bits per heavy atom. The normalized spacial score (nSPS) is 18.1. The molecule has 0 radical (unpaired) electrons. The lowest BCUT2D eigenvalue weighted by Crippen LogP contribution is -2.07. The van der Waals surface area contributed by atoms with Gasteiger partial charge in [-0.3, -0.25) is 4.79 Å². The molecule has 5 rings (SSSR count). The van der Waals surface area contributed by atoms with Gasteiger partial charge in [-0.1, -0.05) is 6.07 Å². The zero-order chi connectivity index (χ0) is 24.5. The van der Waals surface area contributed by atoms with Crippen LogP contribution in [0.3, 0.4) is 0 Å². The lowest BCUT2D eigenvalue weighted by atomic mass is 9.98. The maximum absolute atomic E-state index is 14.8. The number of carboxylic acids is 1. The number of carbonyl (C=O) groups is 1. The molecule has 1 aromatic heterocycles. The first-order valence-corrected chi connectivity index (χ1v) is 10.9. The third-order valence-corrected chi connectivity index (χ3v) is 5.95. The lowest BCUT2D eigenvalue weighted by Gasteiger charge is -2.17. The molecule has 35 heavy (non-hydrogen) atoms. The summed E-state index contributed by atoms with van der Waals surface area (Å²) in [6.45, 7) is -2.67. The Bertz CT molecular complexity index is 1250. The average Bonchev–Trinajstić information content (AvgIpc) is 3.41. The van der Waals surface area contributed by atoms with Crippen molar-refractivity contribution < 1.29 is 42.0 Å². The molecular formula is C25H20F3NO6. The van der Waals surface area contributed by atoms with Crippen LogP contribution in [0, 0.1) is 5.82 Å². The van der Waals surface area contributed by atoms with E-state index in [0.717, 1.165) is 11.8 Å². The number of carboxylic acid groups (broad SMARTS) is 1. The molecule has 0 bridgehead atoms. The van der Waals surface area contributed by atoms with Crippen LogP contribution in [0.25, 0.3) is 0 Å². The molecule has 10 heteroatoms. The summed E-state index contributed by atoms with van der Waals surface area (Å²) in [5, 5.41) is 9.06. The van der Waals surface area contributed by atoms with E-state index in [0.29, 0.717) is 41.2 Å². The van der Waals surface area contributed by atoms with Gasteiger partial charge in [0.2, 0.25) is 5.88 Å². The van der Waals surface area contributed by atoms with Crippen LogP contribution in [0.5, 0.6) is 28.9 Å². The minimum atomic E-state index is -2.95. The Morgan fingerprint density at radius 2 is 2.00 bits per heavy atom. The molecule has 1 N–H and O–H groups in total. The van der Waals surface area contributed by atoms with Crippen LogP contribution in [0.1, 0.15) is 41.6 Å². The smallest absolute Gasteiger partial charge is 0.387 e. The Morgan fingerprint density at radius 1 is 1.17 bits per heavy atom. The maximum atomic E-state index is 14.8. The molecule has 182 valence electrons. The van der Waals surface area contributed by atoms with Gasteiger partial charge in [-0.15, -0.1) is 0 Å². The van der Waals surface area contributed by atoms with Gasteiger partial charge in [0.05, 0.1) is 19.2 Å². The summed E-state index contributed by atoms with van der Waals surface area (Å²) < 4.78 is 61.2. The Balaban J connectivity index is 1.33. The van der Waals surface area contributed by atoms with Gasteiger partial charge in [0.25, 0.3) is 0 Å². The number of hydrogen-bond donors (Lipinski definition) is 1. The van der Waals surface area contributed by atoms with E-state index in [1.54, 1.807) is 18.2 Å². The lowest BCUT2D eigenvalue weighted by molar-refractivity contribution is -0.137. The minimum Gasteiger partial charge on any atom is -0.492 e. The molecule has 1 aliphatic heterocycles. The van der Waals surface area contributed by atoms with Gasteiger partial charge in [-0.05, 0) is 37.1 Å². The molecule has 2 aliphatic rings. The number of nitrogens with zero attached hydrogens (tertiary/aromatic N) is 1. The van der Waals surface area contributed by atoms with Crippen molar-refractivity contribution in [1.29, 1.82) is 0 Å². The number of ether oxygens (including phenoxy) is 4. The zero-order valence-electron chi connectivity index (χ0n) is 18.2. The molecular weight excluding hydrogens is 467 g/mol. The molecule has 0 amide bonds. The fourth-order valence-corrected chi connectivity index (χ4v) is 4.44. The first kappa shape index (κ1) is 22.8. The van der Waals surface area contributed by atoms with Crippen LogP contribution in [-0.4, -0.2) is 29.3 Å². The summed E-state index contributed by atoms with van der Waals surface area (Å²) in [6.07, 6.45) is 1.56. The van der Waals surface area contributed by atoms with E-state index in [9.17, 15) is 18.0 Å². The van der Waals surface area contributed by atoms with E-state index in [1.165, 1.54) is 24.3 Å². The second-order valence-corrected chi connectivity index (χ2v) is 8.20. The highest BCUT2D eigenvalue weighted by atomic mass is 19.3. The summed E-state index contributed by atoms with van der Waals surface area (Å²) in [6, 6.07) is 10.7. The second kappa shape index (κ2) is 9.36. The summed E-state index contributed by atoms with van der Waals surface area (Å²) >= 11 is 0. The van der Waals surface area contributed by atoms with Gasteiger partial charge in [0.15, 0.2) is 0 Å². The van der Waals surface area contributed by atoms with Crippen LogP contribution >= 0.6 is 0 Å². The predicted molar refractivity (Wildman–Crippen MR) is 116 cm³/mol. The molecule has 2 atom stereocenters. The fraction of sp³-hybridized carbons (Fsp3) is 0.280. The van der Waals surface area contributed by atoms with Crippen molar-refractivity contribution in [2.75, 3.05) is 6.61 Å². The number of aromatic nitrogens is 1. The highest BCUT2D eigenvalue weighted by Crippen LogP contribution is 2.44. The number of halogens is 3. The summed E-state index contributed by atoms with van der Waals surface area (Å²) in [5.74, 6) is -0.0385. The summed E-state index contributed by atoms with van der Waals surface area (Å²) in [7, 11) is 0. The molecule has 0 fully saturated rings. The van der Waals surface area contributed by atoms with Crippen LogP contribution < -0.4 is 18.9 Å². The van der Waals surface area contributed by atoms with Gasteiger partial charge >= 0.3 is 12.6 Å². The number of aliphatic carboxylic acids is 1. The van der Waals surface area contributed by atoms with E-state index in [2.05, 4.69) is 9.72 Å². The van der Waals surface area contributed by atoms with E-state index in [4.69, 9.17) is 19.3 Å². The number of pyridine rings is 1. The molecule has 0 saturated carbocycles. The third-order valence-electron chi connectivity index (χ3n) is 5.95. The molecule has 2 heterocycles. The molecule has 7 nitrogen and oxygen atoms in total. The average molecular weight is 487 g/mol. The molecule has 2 aromatic carbocycles. The SMILES string of the molecule is O=C(O)CC1COc2cc(OC3CCc4c(Oc5ccc(OC(F)F)cn5)ccc(F)c43)ccc21. The van der Waals surface area contributed by atoms with Crippen molar-refractivity contribution in [1.82, 2.24) is 4.98 Å². The van der Waals surface area contributed by atoms with E-state index in [1.807, 2.05) is 0 Å². The van der Waals surface area contributed by atoms with Gasteiger partial charge in [0, 0.05) is 34.7 Å². The number of alkyl halides is 2. The minimum absolute atomic E-state index is 0.0198. The number of benzene rings is 2. The number of fused-ring (bicyclic) bond motifs is 2. The van der Waals surface area contributed by atoms with Crippen LogP contribution in [0.15, 0.2) is 48.7 Å². The predicted octanol–water partition coefficient (Wildman–Crippen LogP) is 5.63. The second-order valence-electron chi connectivity index (χ2n) is 8.20. The topological polar surface area (TPSA) is 87.1 Å². The Kier molecular flexibility index (Phi) is 6.10. The van der Waals surface area contributed by atoms with Gasteiger partial charge in [-0.25, -0.2) is 9.37 Å². The Labute approximate surface area is 198 Å². The first-order valence-electron chi connectivity index (χ1n) is 10.9. The van der Waals surface area contributed by atoms with Gasteiger partial charge < -0.3 is 24.1 Å². The van der Waals surface area contributed by atoms with Crippen molar-refractivity contribution in [3.8, 4) is 28.9 Å². The third kappa shape index (κ3) is 4.82. The highest BCUT2D eigenvalue weighted by molar-refractivity contribution is 5.68. The van der Waals surface area contributed by atoms with Crippen LogP contribution in [0.2, 0.25) is 0 Å². The number of hydrogen-bond acceptors (Lipinski definition) is 6. The van der Waals surface area contributed by atoms with E-state index < -0.39 is 24.5 Å². The molecule has 0 spiro atoms. The fourth-order valence-electron chi connectivity index (χ4n) is 4.44. The molecule has 2 unspecified atom stereocenters. The van der Waals surface area contributed by atoms with Gasteiger partial charge in [-0.2, -0.15) is 8.78 Å². The number of rotatable bonds is 8. The zero-order valence-corrected chi connectivity index (χ0v) is 18.2. The van der Waals surface area contributed by atoms with Crippen LogP contribution in [0.4, 0.5) is 13.2 Å². The van der Waals surface area contributed by atoms with Crippen molar-refractivity contribution in [2.45, 2.75) is 37.9 Å². The van der Waals surface area contributed by atoms with E-state index >= 15 is 0 Å². The van der Waals surface area contributed by atoms with E-state index in [-0.39, 0.29) is 30.6 Å². The Hall–Kier alpha value is -3.95. The molecule has 0 saturated heterocycles. The van der Waals surface area contributed by atoms with Crippen molar-refractivity contribution in [3.05, 3.63) is 71.2 Å². The standard InChI is InChI=1S/C25H20F3NO6/c26-18-5-7-19(35-22-8-2-15(11-29-22)34-25(27)28)17-4-6-20(24(17)18)33-14-1-3-16-13(9-23(30)31)12-32-21(16)10-14/h1-3,5,7-8,10-11,13,20,25H,4,6,9,12H2,(H,30,31). The van der Waals surface area contributed by atoms with Crippen molar-refractivity contribution in [2.24, 2.45) is 0 Å². The monoisotopic (exact) mass is 487 g/mol. The maximum Gasteiger partial charge on any atom is 0.387 e. The first-order chi connectivity index (χ1) is 16.9. The molecule has 3 aromatic rings. The highest BCUT2D eigenvalue weighted by Gasteiger charge is 2.32. The van der Waals surface area contributed by atoms with Gasteiger partial charge in [0.1, 0.15) is 34.9 Å². The summed E-state index contributed by atoms with van der Waals surface area (Å²) in [4.78, 5) is 15.0. The largest absolute Gasteiger partial charge is 0.492 e. The molecule has 1 aliphatic carbocycles. The summed E-state index contributed by atoms with van der Waals surface area (Å²) in [5.41, 5.74) is 1.83. The van der Waals surface area contributed by atoms with Crippen molar-refractivity contribution in [3.63, 3.8) is 0 Å². The quantitative estimate of drug-likeness (QED) is 0.441.